The van der Waals surface area contributed by atoms with E-state index >= 15 is 0 Å². The van der Waals surface area contributed by atoms with Gasteiger partial charge in [0.1, 0.15) is 0 Å². The topological polar surface area (TPSA) is 20.3 Å². The summed E-state index contributed by atoms with van der Waals surface area (Å²) < 4.78 is 39.7. The molecule has 21 heavy (non-hydrogen) atoms. The van der Waals surface area contributed by atoms with Crippen molar-refractivity contribution in [3.05, 3.63) is 33.8 Å². The van der Waals surface area contributed by atoms with Crippen LogP contribution in [0.25, 0.3) is 0 Å². The Balaban J connectivity index is 2.38. The Bertz CT molecular complexity index is 530. The molecule has 1 aromatic carbocycles. The van der Waals surface area contributed by atoms with Gasteiger partial charge in [-0.15, -0.1) is 0 Å². The van der Waals surface area contributed by atoms with Crippen LogP contribution in [0.1, 0.15) is 48.5 Å². The molecular formula is C15H17BrF3NO. The van der Waals surface area contributed by atoms with E-state index in [0.717, 1.165) is 31.7 Å². The van der Waals surface area contributed by atoms with Crippen LogP contribution in [0.4, 0.5) is 13.2 Å². The maximum atomic E-state index is 13.1. The van der Waals surface area contributed by atoms with Crippen LogP contribution in [0.15, 0.2) is 22.7 Å². The zero-order valence-electron chi connectivity index (χ0n) is 11.7. The fourth-order valence-corrected chi connectivity index (χ4v) is 3.03. The third kappa shape index (κ3) is 3.78. The second kappa shape index (κ2) is 6.38. The predicted molar refractivity (Wildman–Crippen MR) is 78.1 cm³/mol. The summed E-state index contributed by atoms with van der Waals surface area (Å²) in [5.41, 5.74) is -1.14. The lowest BCUT2D eigenvalue weighted by Crippen LogP contribution is -2.39. The molecule has 0 aliphatic carbocycles. The molecule has 1 aliphatic rings. The molecule has 0 radical (unpaired) electrons. The quantitative estimate of drug-likeness (QED) is 0.696. The zero-order chi connectivity index (χ0) is 15.6. The van der Waals surface area contributed by atoms with E-state index in [2.05, 4.69) is 15.9 Å². The molecule has 1 aliphatic heterocycles. The highest BCUT2D eigenvalue weighted by Crippen LogP contribution is 2.35. The van der Waals surface area contributed by atoms with Gasteiger partial charge in [-0.05, 0) is 38.0 Å². The van der Waals surface area contributed by atoms with Gasteiger partial charge in [0.25, 0.3) is 5.91 Å². The molecule has 116 valence electrons. The molecule has 0 bridgehead atoms. The number of alkyl halides is 3. The summed E-state index contributed by atoms with van der Waals surface area (Å²) in [6.45, 7) is 2.42. The standard InChI is InChI=1S/C15H17BrF3NO/c1-10-5-3-2-4-8-20(10)14(21)12-7-6-11(16)9-13(12)15(17,18)19/h6-7,9-10H,2-5,8H2,1H3. The van der Waals surface area contributed by atoms with Crippen molar-refractivity contribution in [2.75, 3.05) is 6.54 Å². The Morgan fingerprint density at radius 1 is 1.29 bits per heavy atom. The van der Waals surface area contributed by atoms with E-state index in [4.69, 9.17) is 0 Å². The molecule has 0 N–H and O–H groups in total. The van der Waals surface area contributed by atoms with Gasteiger partial charge < -0.3 is 4.90 Å². The van der Waals surface area contributed by atoms with Crippen LogP contribution in [0, 0.1) is 0 Å². The molecule has 1 amide bonds. The average molecular weight is 364 g/mol. The van der Waals surface area contributed by atoms with Gasteiger partial charge in [0.15, 0.2) is 0 Å². The monoisotopic (exact) mass is 363 g/mol. The number of benzene rings is 1. The number of rotatable bonds is 1. The van der Waals surface area contributed by atoms with Crippen LogP contribution >= 0.6 is 15.9 Å². The molecule has 1 atom stereocenters. The number of carbonyl (C=O) groups excluding carboxylic acids is 1. The average Bonchev–Trinajstić information content (AvgIpc) is 2.61. The van der Waals surface area contributed by atoms with Crippen molar-refractivity contribution in [2.24, 2.45) is 0 Å². The van der Waals surface area contributed by atoms with Crippen molar-refractivity contribution in [1.29, 1.82) is 0 Å². The van der Waals surface area contributed by atoms with Crippen molar-refractivity contribution in [2.45, 2.75) is 44.8 Å². The second-order valence-electron chi connectivity index (χ2n) is 5.38. The highest BCUT2D eigenvalue weighted by molar-refractivity contribution is 9.10. The summed E-state index contributed by atoms with van der Waals surface area (Å²) >= 11 is 3.03. The molecule has 1 fully saturated rings. The van der Waals surface area contributed by atoms with Gasteiger partial charge in [0.2, 0.25) is 0 Å². The fourth-order valence-electron chi connectivity index (χ4n) is 2.67. The van der Waals surface area contributed by atoms with Crippen molar-refractivity contribution in [3.8, 4) is 0 Å². The smallest absolute Gasteiger partial charge is 0.336 e. The van der Waals surface area contributed by atoms with Gasteiger partial charge in [0.05, 0.1) is 11.1 Å². The van der Waals surface area contributed by atoms with Crippen LogP contribution in [0.2, 0.25) is 0 Å². The lowest BCUT2D eigenvalue weighted by atomic mass is 10.0. The molecule has 1 aromatic rings. The number of hydrogen-bond donors (Lipinski definition) is 0. The van der Waals surface area contributed by atoms with Gasteiger partial charge in [0, 0.05) is 17.1 Å². The summed E-state index contributed by atoms with van der Waals surface area (Å²) in [5, 5.41) is 0. The van der Waals surface area contributed by atoms with Crippen LogP contribution in [-0.2, 0) is 6.18 Å². The molecule has 1 heterocycles. The molecule has 0 aromatic heterocycles. The highest BCUT2D eigenvalue weighted by atomic mass is 79.9. The number of amides is 1. The van der Waals surface area contributed by atoms with E-state index in [1.165, 1.54) is 12.1 Å². The molecule has 2 nitrogen and oxygen atoms in total. The lowest BCUT2D eigenvalue weighted by molar-refractivity contribution is -0.138. The zero-order valence-corrected chi connectivity index (χ0v) is 13.3. The largest absolute Gasteiger partial charge is 0.417 e. The first-order valence-electron chi connectivity index (χ1n) is 6.98. The van der Waals surface area contributed by atoms with E-state index < -0.39 is 17.6 Å². The normalized spacial score (nSPS) is 20.2. The Kier molecular flexibility index (Phi) is 4.96. The minimum Gasteiger partial charge on any atom is -0.336 e. The van der Waals surface area contributed by atoms with Crippen molar-refractivity contribution >= 4 is 21.8 Å². The minimum atomic E-state index is -4.54. The SMILES string of the molecule is CC1CCCCCN1C(=O)c1ccc(Br)cc1C(F)(F)F. The number of carbonyl (C=O) groups is 1. The first-order valence-corrected chi connectivity index (χ1v) is 7.77. The van der Waals surface area contributed by atoms with Crippen LogP contribution < -0.4 is 0 Å². The number of likely N-dealkylation sites (tertiary alicyclic amines) is 1. The highest BCUT2D eigenvalue weighted by Gasteiger charge is 2.37. The number of nitrogens with zero attached hydrogens (tertiary/aromatic N) is 1. The molecule has 6 heteroatoms. The third-order valence-electron chi connectivity index (χ3n) is 3.83. The number of halogens is 4. The molecule has 2 rings (SSSR count). The van der Waals surface area contributed by atoms with Gasteiger partial charge in [-0.2, -0.15) is 13.2 Å². The maximum Gasteiger partial charge on any atom is 0.417 e. The van der Waals surface area contributed by atoms with Crippen molar-refractivity contribution in [3.63, 3.8) is 0 Å². The predicted octanol–water partition coefficient (Wildman–Crippen LogP) is 4.87. The Hall–Kier alpha value is -1.04. The second-order valence-corrected chi connectivity index (χ2v) is 6.30. The molecule has 1 unspecified atom stereocenters. The fraction of sp³-hybridized carbons (Fsp3) is 0.533. The summed E-state index contributed by atoms with van der Waals surface area (Å²) in [5.74, 6) is -0.524. The molecular weight excluding hydrogens is 347 g/mol. The lowest BCUT2D eigenvalue weighted by Gasteiger charge is -2.28. The van der Waals surface area contributed by atoms with Gasteiger partial charge >= 0.3 is 6.18 Å². The Morgan fingerprint density at radius 3 is 2.67 bits per heavy atom. The van der Waals surface area contributed by atoms with E-state index in [-0.39, 0.29) is 11.6 Å². The molecule has 1 saturated heterocycles. The van der Waals surface area contributed by atoms with E-state index in [9.17, 15) is 18.0 Å². The summed E-state index contributed by atoms with van der Waals surface area (Å²) in [7, 11) is 0. The van der Waals surface area contributed by atoms with Gasteiger partial charge in [-0.3, -0.25) is 4.79 Å². The summed E-state index contributed by atoms with van der Waals surface area (Å²) in [6, 6.07) is 3.68. The van der Waals surface area contributed by atoms with Crippen molar-refractivity contribution in [1.82, 2.24) is 4.90 Å². The third-order valence-corrected chi connectivity index (χ3v) is 4.32. The van der Waals surface area contributed by atoms with Crippen molar-refractivity contribution < 1.29 is 18.0 Å². The first-order chi connectivity index (χ1) is 9.80. The Morgan fingerprint density at radius 2 is 2.00 bits per heavy atom. The number of hydrogen-bond acceptors (Lipinski definition) is 1. The van der Waals surface area contributed by atoms with Crippen LogP contribution in [0.5, 0.6) is 0 Å². The van der Waals surface area contributed by atoms with E-state index in [1.807, 2.05) is 6.92 Å². The Labute approximate surface area is 130 Å². The van der Waals surface area contributed by atoms with E-state index in [1.54, 1.807) is 4.90 Å². The van der Waals surface area contributed by atoms with Crippen LogP contribution in [-0.4, -0.2) is 23.4 Å². The van der Waals surface area contributed by atoms with Gasteiger partial charge in [-0.25, -0.2) is 0 Å². The first kappa shape index (κ1) is 16.3. The summed E-state index contributed by atoms with van der Waals surface area (Å²) in [6.07, 6.45) is -0.834. The summed E-state index contributed by atoms with van der Waals surface area (Å²) in [4.78, 5) is 14.1. The van der Waals surface area contributed by atoms with Gasteiger partial charge in [-0.1, -0.05) is 28.8 Å². The maximum absolute atomic E-state index is 13.1. The van der Waals surface area contributed by atoms with Crippen LogP contribution in [0.3, 0.4) is 0 Å². The molecule has 0 saturated carbocycles. The minimum absolute atomic E-state index is 0.0234. The molecule has 0 spiro atoms. The van der Waals surface area contributed by atoms with E-state index in [0.29, 0.717) is 11.0 Å².